The standard InChI is InChI=1S/C14H20IN3O/c1-10-7-11(15)3-4-12(10)18-13(19)8-17-14(2)5-6-16-9-14/h3-4,7,16-17H,5-6,8-9H2,1-2H3,(H,18,19). The molecule has 1 unspecified atom stereocenters. The summed E-state index contributed by atoms with van der Waals surface area (Å²) >= 11 is 2.27. The molecule has 1 aliphatic rings. The summed E-state index contributed by atoms with van der Waals surface area (Å²) in [6.45, 7) is 6.44. The van der Waals surface area contributed by atoms with Gasteiger partial charge in [-0.2, -0.15) is 0 Å². The normalized spacial score (nSPS) is 22.5. The van der Waals surface area contributed by atoms with Crippen molar-refractivity contribution in [3.8, 4) is 0 Å². The van der Waals surface area contributed by atoms with Gasteiger partial charge in [-0.3, -0.25) is 4.79 Å². The van der Waals surface area contributed by atoms with Gasteiger partial charge in [-0.25, -0.2) is 0 Å². The van der Waals surface area contributed by atoms with Gasteiger partial charge in [0.15, 0.2) is 0 Å². The molecule has 1 aromatic carbocycles. The van der Waals surface area contributed by atoms with E-state index in [0.717, 1.165) is 30.8 Å². The van der Waals surface area contributed by atoms with Gasteiger partial charge < -0.3 is 16.0 Å². The van der Waals surface area contributed by atoms with E-state index in [0.29, 0.717) is 6.54 Å². The van der Waals surface area contributed by atoms with Gasteiger partial charge in [-0.15, -0.1) is 0 Å². The van der Waals surface area contributed by atoms with Crippen molar-refractivity contribution in [3.63, 3.8) is 0 Å². The Morgan fingerprint density at radius 1 is 1.53 bits per heavy atom. The third-order valence-corrected chi connectivity index (χ3v) is 4.18. The lowest BCUT2D eigenvalue weighted by Crippen LogP contribution is -2.47. The number of rotatable bonds is 4. The second kappa shape index (κ2) is 6.19. The Balaban J connectivity index is 1.87. The van der Waals surface area contributed by atoms with Gasteiger partial charge in [0.1, 0.15) is 0 Å². The number of hydrogen-bond acceptors (Lipinski definition) is 3. The molecule has 0 aliphatic carbocycles. The molecule has 1 aliphatic heterocycles. The van der Waals surface area contributed by atoms with Crippen LogP contribution >= 0.6 is 22.6 Å². The fourth-order valence-corrected chi connectivity index (χ4v) is 2.87. The van der Waals surface area contributed by atoms with Gasteiger partial charge in [0.25, 0.3) is 0 Å². The van der Waals surface area contributed by atoms with Gasteiger partial charge in [-0.1, -0.05) is 0 Å². The maximum atomic E-state index is 12.0. The highest BCUT2D eigenvalue weighted by Crippen LogP contribution is 2.17. The van der Waals surface area contributed by atoms with Gasteiger partial charge in [0, 0.05) is 21.3 Å². The lowest BCUT2D eigenvalue weighted by molar-refractivity contribution is -0.115. The lowest BCUT2D eigenvalue weighted by atomic mass is 10.0. The Labute approximate surface area is 127 Å². The number of anilines is 1. The Bertz CT molecular complexity index is 470. The van der Waals surface area contributed by atoms with Crippen molar-refractivity contribution in [2.24, 2.45) is 0 Å². The molecule has 3 N–H and O–H groups in total. The van der Waals surface area contributed by atoms with Gasteiger partial charge in [0.2, 0.25) is 5.91 Å². The second-order valence-corrected chi connectivity index (χ2v) is 6.59. The third kappa shape index (κ3) is 4.15. The highest BCUT2D eigenvalue weighted by atomic mass is 127. The van der Waals surface area contributed by atoms with E-state index in [1.165, 1.54) is 3.57 Å². The number of carbonyl (C=O) groups excluding carboxylic acids is 1. The molecule has 0 bridgehead atoms. The molecular weight excluding hydrogens is 353 g/mol. The molecule has 1 amide bonds. The van der Waals surface area contributed by atoms with E-state index >= 15 is 0 Å². The van der Waals surface area contributed by atoms with Crippen LogP contribution in [0.4, 0.5) is 5.69 Å². The fraction of sp³-hybridized carbons (Fsp3) is 0.500. The molecule has 104 valence electrons. The molecule has 1 saturated heterocycles. The zero-order chi connectivity index (χ0) is 13.9. The molecule has 0 spiro atoms. The van der Waals surface area contributed by atoms with Crippen molar-refractivity contribution in [3.05, 3.63) is 27.3 Å². The summed E-state index contributed by atoms with van der Waals surface area (Å²) < 4.78 is 1.18. The Morgan fingerprint density at radius 2 is 2.32 bits per heavy atom. The van der Waals surface area contributed by atoms with Crippen LogP contribution in [0.2, 0.25) is 0 Å². The number of amides is 1. The van der Waals surface area contributed by atoms with Gasteiger partial charge in [-0.05, 0) is 73.2 Å². The monoisotopic (exact) mass is 373 g/mol. The maximum Gasteiger partial charge on any atom is 0.238 e. The fourth-order valence-electron chi connectivity index (χ4n) is 2.22. The molecule has 2 rings (SSSR count). The number of nitrogens with one attached hydrogen (secondary N) is 3. The Kier molecular flexibility index (Phi) is 4.81. The molecule has 5 heteroatoms. The zero-order valence-corrected chi connectivity index (χ0v) is 13.5. The number of aryl methyl sites for hydroxylation is 1. The first-order valence-corrected chi connectivity index (χ1v) is 7.58. The molecule has 0 aromatic heterocycles. The van der Waals surface area contributed by atoms with Crippen molar-refractivity contribution in [1.82, 2.24) is 10.6 Å². The molecule has 19 heavy (non-hydrogen) atoms. The molecule has 1 heterocycles. The van der Waals surface area contributed by atoms with Crippen molar-refractivity contribution < 1.29 is 4.79 Å². The van der Waals surface area contributed by atoms with Crippen molar-refractivity contribution in [1.29, 1.82) is 0 Å². The summed E-state index contributed by atoms with van der Waals surface area (Å²) in [6.07, 6.45) is 1.06. The van der Waals surface area contributed by atoms with Crippen molar-refractivity contribution in [2.75, 3.05) is 25.0 Å². The molecule has 1 fully saturated rings. The maximum absolute atomic E-state index is 12.0. The summed E-state index contributed by atoms with van der Waals surface area (Å²) in [5, 5.41) is 9.59. The first-order chi connectivity index (χ1) is 8.98. The summed E-state index contributed by atoms with van der Waals surface area (Å²) in [5.74, 6) is 0.0115. The smallest absolute Gasteiger partial charge is 0.238 e. The number of hydrogen-bond donors (Lipinski definition) is 3. The minimum Gasteiger partial charge on any atom is -0.325 e. The van der Waals surface area contributed by atoms with Crippen molar-refractivity contribution >= 4 is 34.2 Å². The molecule has 1 aromatic rings. The first-order valence-electron chi connectivity index (χ1n) is 6.50. The van der Waals surface area contributed by atoms with Crippen LogP contribution in [-0.4, -0.2) is 31.1 Å². The molecule has 1 atom stereocenters. The second-order valence-electron chi connectivity index (χ2n) is 5.35. The van der Waals surface area contributed by atoms with Gasteiger partial charge >= 0.3 is 0 Å². The first kappa shape index (κ1) is 14.7. The SMILES string of the molecule is Cc1cc(I)ccc1NC(=O)CNC1(C)CCNC1. The van der Waals surface area contributed by atoms with E-state index in [1.807, 2.05) is 19.1 Å². The lowest BCUT2D eigenvalue weighted by Gasteiger charge is -2.24. The van der Waals surface area contributed by atoms with E-state index < -0.39 is 0 Å². The highest BCUT2D eigenvalue weighted by molar-refractivity contribution is 14.1. The van der Waals surface area contributed by atoms with Gasteiger partial charge in [0.05, 0.1) is 6.54 Å². The largest absolute Gasteiger partial charge is 0.325 e. The molecule has 4 nitrogen and oxygen atoms in total. The molecular formula is C14H20IN3O. The van der Waals surface area contributed by atoms with E-state index in [2.05, 4.69) is 51.5 Å². The number of halogens is 1. The molecule has 0 radical (unpaired) electrons. The highest BCUT2D eigenvalue weighted by Gasteiger charge is 2.28. The Hall–Kier alpha value is -0.660. The number of benzene rings is 1. The van der Waals surface area contributed by atoms with Crippen molar-refractivity contribution in [2.45, 2.75) is 25.8 Å². The van der Waals surface area contributed by atoms with E-state index in [1.54, 1.807) is 0 Å². The predicted octanol–water partition coefficient (Wildman–Crippen LogP) is 1.88. The van der Waals surface area contributed by atoms with Crippen LogP contribution in [0.25, 0.3) is 0 Å². The summed E-state index contributed by atoms with van der Waals surface area (Å²) in [7, 11) is 0. The third-order valence-electron chi connectivity index (χ3n) is 3.51. The summed E-state index contributed by atoms with van der Waals surface area (Å²) in [4.78, 5) is 12.0. The summed E-state index contributed by atoms with van der Waals surface area (Å²) in [5.41, 5.74) is 2.02. The topological polar surface area (TPSA) is 53.2 Å². The quantitative estimate of drug-likeness (QED) is 0.707. The predicted molar refractivity (Wildman–Crippen MR) is 86.4 cm³/mol. The van der Waals surface area contributed by atoms with E-state index in [4.69, 9.17) is 0 Å². The van der Waals surface area contributed by atoms with Crippen LogP contribution in [-0.2, 0) is 4.79 Å². The Morgan fingerprint density at radius 3 is 2.95 bits per heavy atom. The average molecular weight is 373 g/mol. The van der Waals surface area contributed by atoms with Crippen LogP contribution in [0, 0.1) is 10.5 Å². The molecule has 0 saturated carbocycles. The zero-order valence-electron chi connectivity index (χ0n) is 11.3. The van der Waals surface area contributed by atoms with Crippen LogP contribution in [0.1, 0.15) is 18.9 Å². The van der Waals surface area contributed by atoms with E-state index in [9.17, 15) is 4.79 Å². The minimum absolute atomic E-state index is 0.0115. The van der Waals surface area contributed by atoms with E-state index in [-0.39, 0.29) is 11.4 Å². The number of carbonyl (C=O) groups is 1. The average Bonchev–Trinajstić information content (AvgIpc) is 2.78. The van der Waals surface area contributed by atoms with Crippen LogP contribution in [0.5, 0.6) is 0 Å². The van der Waals surface area contributed by atoms with Crippen LogP contribution in [0.15, 0.2) is 18.2 Å². The van der Waals surface area contributed by atoms with Crippen LogP contribution < -0.4 is 16.0 Å². The van der Waals surface area contributed by atoms with Crippen LogP contribution in [0.3, 0.4) is 0 Å². The summed E-state index contributed by atoms with van der Waals surface area (Å²) in [6, 6.07) is 6.01. The minimum atomic E-state index is 0.0115.